The van der Waals surface area contributed by atoms with Crippen molar-refractivity contribution in [2.45, 2.75) is 0 Å². The van der Waals surface area contributed by atoms with Crippen LogP contribution in [-0.4, -0.2) is 0 Å². The average Bonchev–Trinajstić information content (AvgIpc) is 2.92. The predicted molar refractivity (Wildman–Crippen MR) is 102 cm³/mol. The van der Waals surface area contributed by atoms with Gasteiger partial charge in [0, 0.05) is 5.56 Å². The summed E-state index contributed by atoms with van der Waals surface area (Å²) in [4.78, 5) is 0. The first kappa shape index (κ1) is 27.9. The molecule has 0 heterocycles. The van der Waals surface area contributed by atoms with Crippen molar-refractivity contribution in [3.63, 3.8) is 0 Å². The summed E-state index contributed by atoms with van der Waals surface area (Å²) in [5.74, 6) is -41.2. The first-order valence-corrected chi connectivity index (χ1v) is 9.83. The van der Waals surface area contributed by atoms with Gasteiger partial charge in [0.1, 0.15) is 0 Å². The first-order chi connectivity index (χ1) is 18.1. The lowest BCUT2D eigenvalue weighted by molar-refractivity contribution is 0.380. The molecule has 4 aromatic rings. The van der Waals surface area contributed by atoms with Crippen molar-refractivity contribution >= 4 is 0 Å². The molecule has 204 valence electrons. The number of hydrogen-bond acceptors (Lipinski definition) is 0. The van der Waals surface area contributed by atoms with Crippen LogP contribution < -0.4 is 0 Å². The van der Waals surface area contributed by atoms with Crippen LogP contribution in [0.3, 0.4) is 0 Å². The van der Waals surface area contributed by atoms with E-state index < -0.39 is 121 Å². The van der Waals surface area contributed by atoms with Gasteiger partial charge in [0.2, 0.25) is 17.5 Å². The zero-order valence-corrected chi connectivity index (χ0v) is 17.9. The molecular weight excluding hydrogens is 573 g/mol. The molecule has 0 nitrogen and oxygen atoms in total. The topological polar surface area (TPSA) is 0 Å². The van der Waals surface area contributed by atoms with E-state index in [0.29, 0.717) is 6.07 Å². The lowest BCUT2D eigenvalue weighted by atomic mass is 9.86. The fourth-order valence-corrected chi connectivity index (χ4v) is 3.75. The Morgan fingerprint density at radius 1 is 0.231 bits per heavy atom. The van der Waals surface area contributed by atoms with E-state index in [1.165, 1.54) is 0 Å². The molecule has 0 atom stereocenters. The molecular formula is C24H3F15. The van der Waals surface area contributed by atoms with Gasteiger partial charge < -0.3 is 0 Å². The number of hydrogen-bond donors (Lipinski definition) is 0. The van der Waals surface area contributed by atoms with Crippen LogP contribution in [0.25, 0.3) is 33.4 Å². The Hall–Kier alpha value is -4.17. The highest BCUT2D eigenvalue weighted by atomic mass is 19.2. The van der Waals surface area contributed by atoms with Crippen LogP contribution in [0, 0.1) is 87.3 Å². The second kappa shape index (κ2) is 9.54. The van der Waals surface area contributed by atoms with Crippen LogP contribution in [0.4, 0.5) is 65.9 Å². The van der Waals surface area contributed by atoms with E-state index in [1.807, 2.05) is 0 Å². The van der Waals surface area contributed by atoms with E-state index in [1.54, 1.807) is 0 Å². The SMILES string of the molecule is Fc1c(F)c(F)c(-c2cccc(-c3c(F)c(F)c(F)c(F)c3F)c2-c2c(F)c(F)c(F)c(F)c2F)c(F)c1F. The third kappa shape index (κ3) is 3.89. The summed E-state index contributed by atoms with van der Waals surface area (Å²) in [7, 11) is 0. The van der Waals surface area contributed by atoms with Crippen molar-refractivity contribution in [1.82, 2.24) is 0 Å². The minimum absolute atomic E-state index is 0.265. The summed E-state index contributed by atoms with van der Waals surface area (Å²) < 4.78 is 213. The molecule has 0 unspecified atom stereocenters. The van der Waals surface area contributed by atoms with Crippen molar-refractivity contribution in [3.8, 4) is 33.4 Å². The smallest absolute Gasteiger partial charge is 0.200 e. The van der Waals surface area contributed by atoms with Crippen LogP contribution in [-0.2, 0) is 0 Å². The molecule has 0 aromatic heterocycles. The molecule has 0 N–H and O–H groups in total. The largest absolute Gasteiger partial charge is 0.203 e. The molecule has 15 heteroatoms. The van der Waals surface area contributed by atoms with E-state index in [4.69, 9.17) is 0 Å². The van der Waals surface area contributed by atoms with Crippen LogP contribution in [0.15, 0.2) is 18.2 Å². The third-order valence-corrected chi connectivity index (χ3v) is 5.48. The summed E-state index contributed by atoms with van der Waals surface area (Å²) in [6.07, 6.45) is 0. The Bertz CT molecular complexity index is 1530. The predicted octanol–water partition coefficient (Wildman–Crippen LogP) is 8.77. The summed E-state index contributed by atoms with van der Waals surface area (Å²) in [5.41, 5.74) is -11.6. The average molecular weight is 576 g/mol. The van der Waals surface area contributed by atoms with Crippen molar-refractivity contribution in [1.29, 1.82) is 0 Å². The Kier molecular flexibility index (Phi) is 6.81. The number of rotatable bonds is 3. The molecule has 0 radical (unpaired) electrons. The van der Waals surface area contributed by atoms with Gasteiger partial charge >= 0.3 is 0 Å². The second-order valence-corrected chi connectivity index (χ2v) is 7.56. The van der Waals surface area contributed by atoms with Crippen molar-refractivity contribution in [2.24, 2.45) is 0 Å². The maximum absolute atomic E-state index is 14.8. The van der Waals surface area contributed by atoms with Crippen LogP contribution >= 0.6 is 0 Å². The molecule has 39 heavy (non-hydrogen) atoms. The maximum Gasteiger partial charge on any atom is 0.200 e. The summed E-state index contributed by atoms with van der Waals surface area (Å²) in [5, 5.41) is 0. The lowest BCUT2D eigenvalue weighted by Crippen LogP contribution is -2.10. The molecule has 0 amide bonds. The molecule has 0 fully saturated rings. The zero-order valence-electron chi connectivity index (χ0n) is 17.9. The molecule has 0 aliphatic rings. The summed E-state index contributed by atoms with van der Waals surface area (Å²) in [6, 6.07) is 0.971. The molecule has 4 aromatic carbocycles. The van der Waals surface area contributed by atoms with Gasteiger partial charge in [0.15, 0.2) is 69.8 Å². The monoisotopic (exact) mass is 576 g/mol. The number of halogens is 15. The van der Waals surface area contributed by atoms with Gasteiger partial charge in [0.05, 0.1) is 16.7 Å². The quantitative estimate of drug-likeness (QED) is 0.130. The van der Waals surface area contributed by atoms with E-state index >= 15 is 0 Å². The Labute approximate surface area is 205 Å². The zero-order chi connectivity index (χ0) is 29.2. The molecule has 4 rings (SSSR count). The third-order valence-electron chi connectivity index (χ3n) is 5.48. The Balaban J connectivity index is 2.34. The molecule has 0 saturated heterocycles. The minimum atomic E-state index is -2.83. The highest BCUT2D eigenvalue weighted by Crippen LogP contribution is 2.47. The van der Waals surface area contributed by atoms with E-state index in [-0.39, 0.29) is 12.1 Å². The molecule has 0 saturated carbocycles. The van der Waals surface area contributed by atoms with Crippen molar-refractivity contribution in [2.75, 3.05) is 0 Å². The lowest BCUT2D eigenvalue weighted by Gasteiger charge is -2.20. The van der Waals surface area contributed by atoms with Crippen molar-refractivity contribution in [3.05, 3.63) is 105 Å². The normalized spacial score (nSPS) is 11.5. The maximum atomic E-state index is 14.8. The highest BCUT2D eigenvalue weighted by Gasteiger charge is 2.36. The Morgan fingerprint density at radius 3 is 0.692 bits per heavy atom. The second-order valence-electron chi connectivity index (χ2n) is 7.56. The molecule has 0 bridgehead atoms. The van der Waals surface area contributed by atoms with Gasteiger partial charge in [-0.05, 0) is 11.1 Å². The van der Waals surface area contributed by atoms with Crippen LogP contribution in [0.1, 0.15) is 0 Å². The van der Waals surface area contributed by atoms with Gasteiger partial charge in [-0.15, -0.1) is 0 Å². The van der Waals surface area contributed by atoms with Crippen molar-refractivity contribution < 1.29 is 65.9 Å². The molecule has 0 aliphatic carbocycles. The Morgan fingerprint density at radius 2 is 0.436 bits per heavy atom. The van der Waals surface area contributed by atoms with E-state index in [0.717, 1.165) is 0 Å². The first-order valence-electron chi connectivity index (χ1n) is 9.83. The van der Waals surface area contributed by atoms with Crippen LogP contribution in [0.5, 0.6) is 0 Å². The van der Waals surface area contributed by atoms with Gasteiger partial charge in [0.25, 0.3) is 0 Å². The standard InChI is InChI=1S/C24H3F15/c25-10-7(11(26)17(32)22(37)16(10)31)4-2-1-3-5(8-12(27)18(33)23(38)19(34)13(8)28)6(4)9-14(29)20(35)24(39)21(36)15(9)30/h1-3H. The summed E-state index contributed by atoms with van der Waals surface area (Å²) in [6.45, 7) is 0. The van der Waals surface area contributed by atoms with Gasteiger partial charge in [-0.25, -0.2) is 65.9 Å². The summed E-state index contributed by atoms with van der Waals surface area (Å²) >= 11 is 0. The fourth-order valence-electron chi connectivity index (χ4n) is 3.75. The van der Waals surface area contributed by atoms with Crippen LogP contribution in [0.2, 0.25) is 0 Å². The molecule has 0 spiro atoms. The van der Waals surface area contributed by atoms with E-state index in [9.17, 15) is 65.9 Å². The molecule has 0 aliphatic heterocycles. The number of benzene rings is 4. The fraction of sp³-hybridized carbons (Fsp3) is 0. The van der Waals surface area contributed by atoms with Gasteiger partial charge in [-0.3, -0.25) is 0 Å². The van der Waals surface area contributed by atoms with Gasteiger partial charge in [-0.1, -0.05) is 18.2 Å². The van der Waals surface area contributed by atoms with Gasteiger partial charge in [-0.2, -0.15) is 0 Å². The minimum Gasteiger partial charge on any atom is -0.203 e. The highest BCUT2D eigenvalue weighted by molar-refractivity contribution is 5.95. The van der Waals surface area contributed by atoms with E-state index in [2.05, 4.69) is 0 Å².